The molecule has 0 bridgehead atoms. The third-order valence-corrected chi connectivity index (χ3v) is 5.00. The van der Waals surface area contributed by atoms with Crippen LogP contribution in [0.4, 0.5) is 0 Å². The van der Waals surface area contributed by atoms with Crippen LogP contribution in [0.15, 0.2) is 53.1 Å². The van der Waals surface area contributed by atoms with Crippen molar-refractivity contribution in [2.24, 2.45) is 0 Å². The first-order chi connectivity index (χ1) is 13.1. The van der Waals surface area contributed by atoms with Crippen molar-refractivity contribution >= 4 is 22.6 Å². The molecule has 1 N–H and O–H groups in total. The van der Waals surface area contributed by atoms with Crippen molar-refractivity contribution in [1.82, 2.24) is 15.4 Å². The van der Waals surface area contributed by atoms with Gasteiger partial charge in [-0.25, -0.2) is 0 Å². The molecule has 0 unspecified atom stereocenters. The Morgan fingerprint density at radius 2 is 1.85 bits per heavy atom. The van der Waals surface area contributed by atoms with Crippen molar-refractivity contribution in [2.75, 3.05) is 13.1 Å². The van der Waals surface area contributed by atoms with Crippen molar-refractivity contribution in [3.8, 4) is 0 Å². The summed E-state index contributed by atoms with van der Waals surface area (Å²) in [5.41, 5.74) is 1.02. The van der Waals surface area contributed by atoms with E-state index in [1.165, 1.54) is 0 Å². The smallest absolute Gasteiger partial charge is 0.276 e. The summed E-state index contributed by atoms with van der Waals surface area (Å²) in [7, 11) is 0. The summed E-state index contributed by atoms with van der Waals surface area (Å²) in [5, 5.41) is 8.91. The Bertz CT molecular complexity index is 982. The van der Waals surface area contributed by atoms with Gasteiger partial charge in [0.2, 0.25) is 0 Å². The van der Waals surface area contributed by atoms with Gasteiger partial charge in [0, 0.05) is 30.8 Å². The highest BCUT2D eigenvalue weighted by Gasteiger charge is 2.26. The molecule has 0 spiro atoms. The number of aryl methyl sites for hydroxylation is 1. The average Bonchev–Trinajstić information content (AvgIpc) is 3.14. The Balaban J connectivity index is 1.39. The van der Waals surface area contributed by atoms with Crippen LogP contribution in [0.5, 0.6) is 0 Å². The minimum absolute atomic E-state index is 0.0552. The number of aromatic nitrogens is 1. The second-order valence-electron chi connectivity index (χ2n) is 6.89. The van der Waals surface area contributed by atoms with Gasteiger partial charge in [-0.05, 0) is 36.6 Å². The number of amides is 2. The third-order valence-electron chi connectivity index (χ3n) is 5.00. The maximum absolute atomic E-state index is 12.8. The summed E-state index contributed by atoms with van der Waals surface area (Å²) < 4.78 is 4.98. The van der Waals surface area contributed by atoms with E-state index in [0.717, 1.165) is 23.6 Å². The van der Waals surface area contributed by atoms with Crippen LogP contribution < -0.4 is 5.32 Å². The van der Waals surface area contributed by atoms with Crippen molar-refractivity contribution in [3.63, 3.8) is 0 Å². The fourth-order valence-electron chi connectivity index (χ4n) is 3.54. The SMILES string of the molecule is Cc1cc(C(=O)N2CCC(NC(=O)c3cccc4ccccc34)CC2)no1. The lowest BCUT2D eigenvalue weighted by molar-refractivity contribution is 0.0688. The van der Waals surface area contributed by atoms with Gasteiger partial charge in [0.1, 0.15) is 5.76 Å². The van der Waals surface area contributed by atoms with Crippen molar-refractivity contribution in [1.29, 1.82) is 0 Å². The summed E-state index contributed by atoms with van der Waals surface area (Å²) in [6.07, 6.45) is 1.44. The molecule has 1 saturated heterocycles. The summed E-state index contributed by atoms with van der Waals surface area (Å²) in [4.78, 5) is 26.9. The predicted octanol–water partition coefficient (Wildman–Crippen LogP) is 3.17. The van der Waals surface area contributed by atoms with E-state index >= 15 is 0 Å². The number of carbonyl (C=O) groups is 2. The zero-order chi connectivity index (χ0) is 18.8. The van der Waals surface area contributed by atoms with Gasteiger partial charge in [0.05, 0.1) is 0 Å². The van der Waals surface area contributed by atoms with Crippen LogP contribution >= 0.6 is 0 Å². The highest BCUT2D eigenvalue weighted by Crippen LogP contribution is 2.20. The lowest BCUT2D eigenvalue weighted by atomic mass is 10.0. The molecular formula is C21H21N3O3. The quantitative estimate of drug-likeness (QED) is 0.775. The van der Waals surface area contributed by atoms with E-state index in [1.54, 1.807) is 17.9 Å². The van der Waals surface area contributed by atoms with E-state index < -0.39 is 0 Å². The summed E-state index contributed by atoms with van der Waals surface area (Å²) >= 11 is 0. The molecule has 1 fully saturated rings. The minimum Gasteiger partial charge on any atom is -0.361 e. The molecule has 0 radical (unpaired) electrons. The van der Waals surface area contributed by atoms with Crippen LogP contribution in [0.2, 0.25) is 0 Å². The Hall–Kier alpha value is -3.15. The van der Waals surface area contributed by atoms with Crippen LogP contribution in [0.3, 0.4) is 0 Å². The number of likely N-dealkylation sites (tertiary alicyclic amines) is 1. The standard InChI is InChI=1S/C21H21N3O3/c1-14-13-19(23-27-14)21(26)24-11-9-16(10-12-24)22-20(25)18-8-4-6-15-5-2-3-7-17(15)18/h2-8,13,16H,9-12H2,1H3,(H,22,25). The first-order valence-corrected chi connectivity index (χ1v) is 9.13. The van der Waals surface area contributed by atoms with Crippen molar-refractivity contribution in [3.05, 3.63) is 65.5 Å². The Morgan fingerprint density at radius 3 is 2.59 bits per heavy atom. The molecule has 1 aliphatic heterocycles. The van der Waals surface area contributed by atoms with Gasteiger partial charge < -0.3 is 14.7 Å². The molecule has 2 amide bonds. The van der Waals surface area contributed by atoms with Gasteiger partial charge in [-0.1, -0.05) is 41.6 Å². The normalized spacial score (nSPS) is 15.1. The molecule has 3 aromatic rings. The monoisotopic (exact) mass is 363 g/mol. The molecule has 138 valence electrons. The Labute approximate surface area is 157 Å². The second-order valence-corrected chi connectivity index (χ2v) is 6.89. The fourth-order valence-corrected chi connectivity index (χ4v) is 3.54. The van der Waals surface area contributed by atoms with Crippen LogP contribution in [0, 0.1) is 6.92 Å². The number of nitrogens with zero attached hydrogens (tertiary/aromatic N) is 2. The molecule has 0 aliphatic carbocycles. The van der Waals surface area contributed by atoms with Gasteiger partial charge in [0.15, 0.2) is 5.69 Å². The predicted molar refractivity (Wildman–Crippen MR) is 102 cm³/mol. The number of hydrogen-bond acceptors (Lipinski definition) is 4. The molecule has 4 rings (SSSR count). The molecule has 27 heavy (non-hydrogen) atoms. The van der Waals surface area contributed by atoms with Crippen LogP contribution in [0.1, 0.15) is 39.4 Å². The average molecular weight is 363 g/mol. The van der Waals surface area contributed by atoms with Crippen molar-refractivity contribution < 1.29 is 14.1 Å². The molecule has 6 nitrogen and oxygen atoms in total. The Kier molecular flexibility index (Phi) is 4.62. The lowest BCUT2D eigenvalue weighted by Gasteiger charge is -2.32. The number of nitrogens with one attached hydrogen (secondary N) is 1. The van der Waals surface area contributed by atoms with E-state index in [1.807, 2.05) is 42.5 Å². The van der Waals surface area contributed by atoms with Gasteiger partial charge in [0.25, 0.3) is 11.8 Å². The van der Waals surface area contributed by atoms with Gasteiger partial charge in [-0.2, -0.15) is 0 Å². The van der Waals surface area contributed by atoms with E-state index in [2.05, 4.69) is 10.5 Å². The first kappa shape index (κ1) is 17.3. The highest BCUT2D eigenvalue weighted by atomic mass is 16.5. The molecule has 6 heteroatoms. The third kappa shape index (κ3) is 3.56. The summed E-state index contributed by atoms with van der Waals surface area (Å²) in [6, 6.07) is 15.3. The second kappa shape index (κ2) is 7.23. The van der Waals surface area contributed by atoms with Crippen LogP contribution in [-0.4, -0.2) is 41.0 Å². The number of benzene rings is 2. The zero-order valence-electron chi connectivity index (χ0n) is 15.1. The molecular weight excluding hydrogens is 342 g/mol. The van der Waals surface area contributed by atoms with Crippen LogP contribution in [-0.2, 0) is 0 Å². The van der Waals surface area contributed by atoms with Gasteiger partial charge >= 0.3 is 0 Å². The largest absolute Gasteiger partial charge is 0.361 e. The number of piperidine rings is 1. The maximum atomic E-state index is 12.8. The zero-order valence-corrected chi connectivity index (χ0v) is 15.1. The van der Waals surface area contributed by atoms with Gasteiger partial charge in [-0.3, -0.25) is 9.59 Å². The molecule has 2 aromatic carbocycles. The number of fused-ring (bicyclic) bond motifs is 1. The summed E-state index contributed by atoms with van der Waals surface area (Å²) in [6.45, 7) is 2.94. The highest BCUT2D eigenvalue weighted by molar-refractivity contribution is 6.07. The number of carbonyl (C=O) groups excluding carboxylic acids is 2. The Morgan fingerprint density at radius 1 is 1.11 bits per heavy atom. The van der Waals surface area contributed by atoms with Crippen molar-refractivity contribution in [2.45, 2.75) is 25.8 Å². The maximum Gasteiger partial charge on any atom is 0.276 e. The summed E-state index contributed by atoms with van der Waals surface area (Å²) in [5.74, 6) is 0.435. The number of rotatable bonds is 3. The topological polar surface area (TPSA) is 75.4 Å². The van der Waals surface area contributed by atoms with Gasteiger partial charge in [-0.15, -0.1) is 0 Å². The molecule has 1 aromatic heterocycles. The van der Waals surface area contributed by atoms with E-state index in [4.69, 9.17) is 4.52 Å². The first-order valence-electron chi connectivity index (χ1n) is 9.13. The lowest BCUT2D eigenvalue weighted by Crippen LogP contribution is -2.46. The molecule has 0 atom stereocenters. The minimum atomic E-state index is -0.120. The van der Waals surface area contributed by atoms with E-state index in [-0.39, 0.29) is 17.9 Å². The van der Waals surface area contributed by atoms with E-state index in [0.29, 0.717) is 30.1 Å². The van der Waals surface area contributed by atoms with Crippen LogP contribution in [0.25, 0.3) is 10.8 Å². The molecule has 2 heterocycles. The molecule has 0 saturated carbocycles. The fraction of sp³-hybridized carbons (Fsp3) is 0.286. The molecule has 1 aliphatic rings. The van der Waals surface area contributed by atoms with E-state index in [9.17, 15) is 9.59 Å². The number of hydrogen-bond donors (Lipinski definition) is 1.